The molecule has 1 aromatic rings. The minimum atomic E-state index is -0.971. The van der Waals surface area contributed by atoms with Crippen LogP contribution < -0.4 is 10.6 Å². The van der Waals surface area contributed by atoms with Gasteiger partial charge in [-0.15, -0.1) is 11.8 Å². The van der Waals surface area contributed by atoms with E-state index in [0.717, 1.165) is 10.5 Å². The SMILES string of the molecule is CSc1ccc(C(CC(=O)O)NC(=O)CCCNC(=O)C(C)(C)C)cc1. The van der Waals surface area contributed by atoms with E-state index in [0.29, 0.717) is 13.0 Å². The van der Waals surface area contributed by atoms with E-state index in [1.54, 1.807) is 11.8 Å². The molecule has 0 aliphatic heterocycles. The highest BCUT2D eigenvalue weighted by molar-refractivity contribution is 7.98. The normalized spacial score (nSPS) is 12.3. The van der Waals surface area contributed by atoms with Crippen LogP contribution in [0.25, 0.3) is 0 Å². The first-order valence-corrected chi connectivity index (χ1v) is 9.79. The fourth-order valence-corrected chi connectivity index (χ4v) is 2.65. The zero-order chi connectivity index (χ0) is 19.7. The smallest absolute Gasteiger partial charge is 0.305 e. The first kappa shape index (κ1) is 22.0. The molecule has 0 bridgehead atoms. The number of rotatable bonds is 9. The van der Waals surface area contributed by atoms with E-state index in [-0.39, 0.29) is 24.7 Å². The summed E-state index contributed by atoms with van der Waals surface area (Å²) >= 11 is 1.60. The molecule has 0 fully saturated rings. The van der Waals surface area contributed by atoms with Crippen molar-refractivity contribution < 1.29 is 19.5 Å². The van der Waals surface area contributed by atoms with Gasteiger partial charge in [0.05, 0.1) is 12.5 Å². The summed E-state index contributed by atoms with van der Waals surface area (Å²) in [7, 11) is 0. The fraction of sp³-hybridized carbons (Fsp3) is 0.526. The molecule has 0 saturated carbocycles. The average Bonchev–Trinajstić information content (AvgIpc) is 2.56. The summed E-state index contributed by atoms with van der Waals surface area (Å²) in [4.78, 5) is 36.1. The van der Waals surface area contributed by atoms with E-state index in [1.165, 1.54) is 0 Å². The van der Waals surface area contributed by atoms with Crippen molar-refractivity contribution in [2.24, 2.45) is 5.41 Å². The molecule has 1 unspecified atom stereocenters. The molecule has 0 saturated heterocycles. The molecule has 144 valence electrons. The summed E-state index contributed by atoms with van der Waals surface area (Å²) < 4.78 is 0. The molecule has 0 aromatic heterocycles. The zero-order valence-electron chi connectivity index (χ0n) is 15.8. The van der Waals surface area contributed by atoms with Gasteiger partial charge in [-0.3, -0.25) is 14.4 Å². The molecule has 0 aliphatic carbocycles. The number of carbonyl (C=O) groups excluding carboxylic acids is 2. The molecular weight excluding hydrogens is 352 g/mol. The highest BCUT2D eigenvalue weighted by Gasteiger charge is 2.21. The molecule has 1 atom stereocenters. The van der Waals surface area contributed by atoms with Crippen LogP contribution in [0.5, 0.6) is 0 Å². The monoisotopic (exact) mass is 380 g/mol. The predicted molar refractivity (Wildman–Crippen MR) is 103 cm³/mol. The predicted octanol–water partition coefficient (Wildman–Crippen LogP) is 2.98. The molecule has 1 aromatic carbocycles. The maximum Gasteiger partial charge on any atom is 0.305 e. The van der Waals surface area contributed by atoms with Gasteiger partial charge in [0.2, 0.25) is 11.8 Å². The number of amides is 2. The van der Waals surface area contributed by atoms with Crippen LogP contribution >= 0.6 is 11.8 Å². The van der Waals surface area contributed by atoms with Crippen LogP contribution in [0.4, 0.5) is 0 Å². The third-order valence-corrected chi connectivity index (χ3v) is 4.52. The topological polar surface area (TPSA) is 95.5 Å². The third-order valence-electron chi connectivity index (χ3n) is 3.78. The third kappa shape index (κ3) is 7.91. The standard InChI is InChI=1S/C19H28N2O4S/c1-19(2,3)18(25)20-11-5-6-16(22)21-15(12-17(23)24)13-7-9-14(26-4)10-8-13/h7-10,15H,5-6,11-12H2,1-4H3,(H,20,25)(H,21,22)(H,23,24). The van der Waals surface area contributed by atoms with Crippen LogP contribution in [0, 0.1) is 5.41 Å². The van der Waals surface area contributed by atoms with Crippen LogP contribution in [-0.4, -0.2) is 35.7 Å². The van der Waals surface area contributed by atoms with Crippen molar-refractivity contribution in [2.45, 2.75) is 51.0 Å². The van der Waals surface area contributed by atoms with Crippen molar-refractivity contribution in [3.05, 3.63) is 29.8 Å². The van der Waals surface area contributed by atoms with Crippen LogP contribution in [0.3, 0.4) is 0 Å². The number of nitrogens with one attached hydrogen (secondary N) is 2. The van der Waals surface area contributed by atoms with Crippen molar-refractivity contribution in [3.63, 3.8) is 0 Å². The van der Waals surface area contributed by atoms with Crippen molar-refractivity contribution in [2.75, 3.05) is 12.8 Å². The summed E-state index contributed by atoms with van der Waals surface area (Å²) in [5, 5.41) is 14.7. The Morgan fingerprint density at radius 1 is 1.15 bits per heavy atom. The number of carboxylic acid groups (broad SMARTS) is 1. The fourth-order valence-electron chi connectivity index (χ4n) is 2.25. The number of aliphatic carboxylic acids is 1. The van der Waals surface area contributed by atoms with E-state index < -0.39 is 17.4 Å². The van der Waals surface area contributed by atoms with Gasteiger partial charge in [-0.1, -0.05) is 32.9 Å². The largest absolute Gasteiger partial charge is 0.481 e. The first-order chi connectivity index (χ1) is 12.1. The Hall–Kier alpha value is -2.02. The van der Waals surface area contributed by atoms with Crippen LogP contribution in [0.2, 0.25) is 0 Å². The van der Waals surface area contributed by atoms with Gasteiger partial charge in [0.1, 0.15) is 0 Å². The lowest BCUT2D eigenvalue weighted by Gasteiger charge is -2.19. The Bertz CT molecular complexity index is 623. The lowest BCUT2D eigenvalue weighted by atomic mass is 9.96. The average molecular weight is 381 g/mol. The van der Waals surface area contributed by atoms with Gasteiger partial charge < -0.3 is 15.7 Å². The lowest BCUT2D eigenvalue weighted by molar-refractivity contribution is -0.138. The molecule has 0 heterocycles. The quantitative estimate of drug-likeness (QED) is 0.452. The number of carbonyl (C=O) groups is 3. The van der Waals surface area contributed by atoms with Gasteiger partial charge in [-0.2, -0.15) is 0 Å². The van der Waals surface area contributed by atoms with E-state index >= 15 is 0 Å². The van der Waals surface area contributed by atoms with Gasteiger partial charge >= 0.3 is 5.97 Å². The number of benzene rings is 1. The maximum absolute atomic E-state index is 12.2. The molecule has 0 radical (unpaired) electrons. The van der Waals surface area contributed by atoms with Gasteiger partial charge in [-0.25, -0.2) is 0 Å². The zero-order valence-corrected chi connectivity index (χ0v) is 16.6. The second-order valence-corrected chi connectivity index (χ2v) is 7.98. The molecule has 26 heavy (non-hydrogen) atoms. The second-order valence-electron chi connectivity index (χ2n) is 7.10. The maximum atomic E-state index is 12.2. The molecular formula is C19H28N2O4S. The van der Waals surface area contributed by atoms with Crippen molar-refractivity contribution in [3.8, 4) is 0 Å². The lowest BCUT2D eigenvalue weighted by Crippen LogP contribution is -2.36. The minimum Gasteiger partial charge on any atom is -0.481 e. The number of carboxylic acids is 1. The van der Waals surface area contributed by atoms with Crippen LogP contribution in [0.1, 0.15) is 51.6 Å². The Morgan fingerprint density at radius 2 is 1.77 bits per heavy atom. The Balaban J connectivity index is 2.55. The van der Waals surface area contributed by atoms with Gasteiger partial charge in [0.15, 0.2) is 0 Å². The first-order valence-electron chi connectivity index (χ1n) is 8.57. The van der Waals surface area contributed by atoms with E-state index in [2.05, 4.69) is 10.6 Å². The van der Waals surface area contributed by atoms with E-state index in [4.69, 9.17) is 5.11 Å². The van der Waals surface area contributed by atoms with Crippen LogP contribution in [0.15, 0.2) is 29.2 Å². The molecule has 2 amide bonds. The summed E-state index contributed by atoms with van der Waals surface area (Å²) in [6.45, 7) is 5.89. The molecule has 1 rings (SSSR count). The van der Waals surface area contributed by atoms with Gasteiger partial charge in [0.25, 0.3) is 0 Å². The van der Waals surface area contributed by atoms with Crippen molar-refractivity contribution in [1.82, 2.24) is 10.6 Å². The summed E-state index contributed by atoms with van der Waals surface area (Å²) in [6, 6.07) is 6.92. The van der Waals surface area contributed by atoms with E-state index in [1.807, 2.05) is 51.3 Å². The summed E-state index contributed by atoms with van der Waals surface area (Å²) in [5.41, 5.74) is 0.303. The number of thioether (sulfide) groups is 1. The van der Waals surface area contributed by atoms with Gasteiger partial charge in [0, 0.05) is 23.3 Å². The highest BCUT2D eigenvalue weighted by Crippen LogP contribution is 2.21. The summed E-state index contributed by atoms with van der Waals surface area (Å²) in [6.07, 6.45) is 2.51. The number of hydrogen-bond acceptors (Lipinski definition) is 4. The van der Waals surface area contributed by atoms with Crippen molar-refractivity contribution >= 4 is 29.5 Å². The highest BCUT2D eigenvalue weighted by atomic mass is 32.2. The molecule has 7 heteroatoms. The van der Waals surface area contributed by atoms with Crippen LogP contribution in [-0.2, 0) is 14.4 Å². The van der Waals surface area contributed by atoms with Crippen molar-refractivity contribution in [1.29, 1.82) is 0 Å². The minimum absolute atomic E-state index is 0.0597. The van der Waals surface area contributed by atoms with Gasteiger partial charge in [-0.05, 0) is 30.4 Å². The second kappa shape index (κ2) is 10.2. The Morgan fingerprint density at radius 3 is 2.27 bits per heavy atom. The molecule has 6 nitrogen and oxygen atoms in total. The van der Waals surface area contributed by atoms with E-state index in [9.17, 15) is 14.4 Å². The number of hydrogen-bond donors (Lipinski definition) is 3. The molecule has 0 aliphatic rings. The Kier molecular flexibility index (Phi) is 8.65. The summed E-state index contributed by atoms with van der Waals surface area (Å²) in [5.74, 6) is -1.26. The molecule has 3 N–H and O–H groups in total. The Labute approximate surface area is 159 Å². The molecule has 0 spiro atoms.